The third kappa shape index (κ3) is 5.96. The lowest BCUT2D eigenvalue weighted by molar-refractivity contribution is -0.117. The lowest BCUT2D eigenvalue weighted by Crippen LogP contribution is -2.43. The number of benzodiazepines with no additional fused rings is 1. The molecule has 2 aliphatic rings. The van der Waals surface area contributed by atoms with Gasteiger partial charge in [0.2, 0.25) is 12.1 Å². The number of nitrogens with one attached hydrogen (secondary N) is 4. The normalized spacial score (nSPS) is 16.3. The second kappa shape index (κ2) is 12.4. The Morgan fingerprint density at radius 2 is 1.70 bits per heavy atom. The number of morpholine rings is 1. The van der Waals surface area contributed by atoms with Crippen molar-refractivity contribution in [1.29, 1.82) is 10.8 Å². The van der Waals surface area contributed by atoms with Crippen LogP contribution < -0.4 is 20.3 Å². The third-order valence-corrected chi connectivity index (χ3v) is 8.08. The van der Waals surface area contributed by atoms with Gasteiger partial charge in [0.05, 0.1) is 37.3 Å². The molecule has 1 aromatic heterocycles. The molecule has 1 fully saturated rings. The molecule has 0 radical (unpaired) electrons. The average Bonchev–Trinajstić information content (AvgIpc) is 3.44. The standard InChI is InChI=1S/C31H29N7O4S/c1-40-23-14-8-6-12-21(23)29-36-25(30(43-29)38-15-17-41-18-16-38)26(32)42-31(33)37-27-28(39)34-22-13-7-5-11-20(22)24(35-27)19-9-3-2-4-10-19/h2-14,27,32H,15-18H2,1H3,(H2,33,37)(H,34,39). The van der Waals surface area contributed by atoms with Gasteiger partial charge in [-0.05, 0) is 18.2 Å². The molecule has 218 valence electrons. The molecule has 4 N–H and O–H groups in total. The minimum absolute atomic E-state index is 0.283. The number of fused-ring (bicyclic) bond motifs is 1. The van der Waals surface area contributed by atoms with Crippen molar-refractivity contribution in [1.82, 2.24) is 10.3 Å². The highest BCUT2D eigenvalue weighted by Gasteiger charge is 2.29. The van der Waals surface area contributed by atoms with E-state index in [1.165, 1.54) is 11.3 Å². The van der Waals surface area contributed by atoms with Crippen molar-refractivity contribution in [2.24, 2.45) is 4.99 Å². The molecular formula is C31H29N7O4S. The van der Waals surface area contributed by atoms with Gasteiger partial charge in [-0.1, -0.05) is 72.0 Å². The maximum Gasteiger partial charge on any atom is 0.290 e. The fraction of sp³-hybridized carbons (Fsp3) is 0.194. The van der Waals surface area contributed by atoms with E-state index < -0.39 is 18.1 Å². The summed E-state index contributed by atoms with van der Waals surface area (Å²) >= 11 is 1.42. The maximum absolute atomic E-state index is 13.2. The summed E-state index contributed by atoms with van der Waals surface area (Å²) in [6.07, 6.45) is -1.18. The first-order valence-electron chi connectivity index (χ1n) is 13.6. The fourth-order valence-corrected chi connectivity index (χ4v) is 6.01. The van der Waals surface area contributed by atoms with E-state index >= 15 is 0 Å². The predicted octanol–water partition coefficient (Wildman–Crippen LogP) is 4.34. The van der Waals surface area contributed by atoms with Crippen LogP contribution in [0.5, 0.6) is 5.75 Å². The highest BCUT2D eigenvalue weighted by molar-refractivity contribution is 7.19. The lowest BCUT2D eigenvalue weighted by atomic mass is 10.0. The summed E-state index contributed by atoms with van der Waals surface area (Å²) in [5.74, 6) is -0.133. The zero-order chi connectivity index (χ0) is 29.8. The number of ether oxygens (including phenoxy) is 3. The van der Waals surface area contributed by atoms with E-state index in [9.17, 15) is 4.79 Å². The van der Waals surface area contributed by atoms with E-state index in [4.69, 9.17) is 35.0 Å². The van der Waals surface area contributed by atoms with E-state index in [0.29, 0.717) is 48.5 Å². The number of amidine groups is 1. The van der Waals surface area contributed by atoms with Crippen LogP contribution in [0.3, 0.4) is 0 Å². The number of anilines is 2. The van der Waals surface area contributed by atoms with Gasteiger partial charge in [0.25, 0.3) is 11.9 Å². The minimum atomic E-state index is -1.18. The molecule has 0 aliphatic carbocycles. The van der Waals surface area contributed by atoms with Crippen LogP contribution in [0.1, 0.15) is 16.8 Å². The number of methoxy groups -OCH3 is 1. The summed E-state index contributed by atoms with van der Waals surface area (Å²) in [6, 6.07) is 24.0. The molecule has 1 amide bonds. The second-order valence-electron chi connectivity index (χ2n) is 9.66. The van der Waals surface area contributed by atoms with Crippen molar-refractivity contribution < 1.29 is 19.0 Å². The molecule has 1 unspecified atom stereocenters. The Hall–Kier alpha value is -5.07. The van der Waals surface area contributed by atoms with E-state index in [1.807, 2.05) is 72.8 Å². The smallest absolute Gasteiger partial charge is 0.290 e. The van der Waals surface area contributed by atoms with Crippen molar-refractivity contribution in [3.63, 3.8) is 0 Å². The number of rotatable bonds is 6. The first-order chi connectivity index (χ1) is 21.0. The van der Waals surface area contributed by atoms with Gasteiger partial charge in [0.1, 0.15) is 15.8 Å². The first kappa shape index (κ1) is 28.1. The van der Waals surface area contributed by atoms with Crippen LogP contribution in [-0.2, 0) is 14.3 Å². The van der Waals surface area contributed by atoms with Crippen LogP contribution in [0.25, 0.3) is 10.6 Å². The van der Waals surface area contributed by atoms with Gasteiger partial charge in [-0.3, -0.25) is 15.6 Å². The van der Waals surface area contributed by atoms with Crippen LogP contribution in [0.4, 0.5) is 10.7 Å². The van der Waals surface area contributed by atoms with Gasteiger partial charge in [-0.2, -0.15) is 0 Å². The third-order valence-electron chi connectivity index (χ3n) is 6.93. The molecule has 3 aromatic carbocycles. The zero-order valence-corrected chi connectivity index (χ0v) is 24.1. The molecule has 43 heavy (non-hydrogen) atoms. The highest BCUT2D eigenvalue weighted by Crippen LogP contribution is 2.39. The summed E-state index contributed by atoms with van der Waals surface area (Å²) in [4.78, 5) is 24.7. The van der Waals surface area contributed by atoms with Gasteiger partial charge < -0.3 is 29.7 Å². The van der Waals surface area contributed by atoms with Crippen molar-refractivity contribution in [2.45, 2.75) is 6.17 Å². The molecule has 2 aliphatic heterocycles. The van der Waals surface area contributed by atoms with Crippen LogP contribution in [0, 0.1) is 10.8 Å². The molecule has 0 spiro atoms. The van der Waals surface area contributed by atoms with Gasteiger partial charge >= 0.3 is 0 Å². The molecule has 6 rings (SSSR count). The minimum Gasteiger partial charge on any atom is -0.496 e. The van der Waals surface area contributed by atoms with Gasteiger partial charge in [0, 0.05) is 24.2 Å². The number of carbonyl (C=O) groups is 1. The summed E-state index contributed by atoms with van der Waals surface area (Å²) in [7, 11) is 1.60. The number of para-hydroxylation sites is 2. The number of nitrogens with zero attached hydrogens (tertiary/aromatic N) is 3. The number of hydrogen-bond donors (Lipinski definition) is 4. The largest absolute Gasteiger partial charge is 0.496 e. The summed E-state index contributed by atoms with van der Waals surface area (Å²) < 4.78 is 16.7. The molecule has 0 saturated carbocycles. The number of aromatic nitrogens is 1. The van der Waals surface area contributed by atoms with Crippen LogP contribution >= 0.6 is 11.3 Å². The highest BCUT2D eigenvalue weighted by atomic mass is 32.1. The second-order valence-corrected chi connectivity index (χ2v) is 10.6. The molecule has 11 nitrogen and oxygen atoms in total. The molecule has 12 heteroatoms. The first-order valence-corrected chi connectivity index (χ1v) is 14.5. The Labute approximate surface area is 252 Å². The van der Waals surface area contributed by atoms with Gasteiger partial charge in [-0.25, -0.2) is 9.98 Å². The van der Waals surface area contributed by atoms with Crippen LogP contribution in [-0.4, -0.2) is 68.1 Å². The van der Waals surface area contributed by atoms with Crippen LogP contribution in [0.2, 0.25) is 0 Å². The predicted molar refractivity (Wildman–Crippen MR) is 167 cm³/mol. The van der Waals surface area contributed by atoms with Crippen LogP contribution in [0.15, 0.2) is 83.9 Å². The Kier molecular flexibility index (Phi) is 8.11. The summed E-state index contributed by atoms with van der Waals surface area (Å²) in [6.45, 7) is 2.36. The number of thiazole rings is 1. The molecule has 3 heterocycles. The topological polar surface area (TPSA) is 145 Å². The molecular weight excluding hydrogens is 566 g/mol. The zero-order valence-electron chi connectivity index (χ0n) is 23.3. The monoisotopic (exact) mass is 595 g/mol. The van der Waals surface area contributed by atoms with E-state index in [2.05, 4.69) is 15.5 Å². The molecule has 0 bridgehead atoms. The summed E-state index contributed by atoms with van der Waals surface area (Å²) in [5, 5.41) is 24.4. The number of aliphatic imine (C=N–C) groups is 1. The number of hydrogen-bond acceptors (Lipinski definition) is 10. The van der Waals surface area contributed by atoms with E-state index in [1.54, 1.807) is 13.2 Å². The Morgan fingerprint density at radius 1 is 1.00 bits per heavy atom. The fourth-order valence-electron chi connectivity index (χ4n) is 4.86. The summed E-state index contributed by atoms with van der Waals surface area (Å²) in [5.41, 5.74) is 3.85. The number of benzene rings is 3. The van der Waals surface area contributed by atoms with Gasteiger partial charge in [0.15, 0.2) is 5.69 Å². The number of amides is 1. The molecule has 1 saturated heterocycles. The SMILES string of the molecule is COc1ccccc1-c1nc(C(=N)OC(=N)NC2N=C(c3ccccc3)c3ccccc3NC2=O)c(N2CCOCC2)s1. The van der Waals surface area contributed by atoms with Crippen molar-refractivity contribution in [3.8, 4) is 16.3 Å². The van der Waals surface area contributed by atoms with Gasteiger partial charge in [-0.15, -0.1) is 0 Å². The number of carbonyl (C=O) groups excluding carboxylic acids is 1. The van der Waals surface area contributed by atoms with Crippen molar-refractivity contribution in [2.75, 3.05) is 43.6 Å². The molecule has 4 aromatic rings. The molecule has 1 atom stereocenters. The van der Waals surface area contributed by atoms with Crippen molar-refractivity contribution in [3.05, 3.63) is 95.7 Å². The quantitative estimate of drug-likeness (QED) is 0.192. The Morgan fingerprint density at radius 3 is 2.47 bits per heavy atom. The Bertz CT molecular complexity index is 1700. The average molecular weight is 596 g/mol. The Balaban J connectivity index is 1.27. The van der Waals surface area contributed by atoms with E-state index in [-0.39, 0.29) is 11.6 Å². The van der Waals surface area contributed by atoms with E-state index in [0.717, 1.165) is 21.7 Å². The van der Waals surface area contributed by atoms with Crippen molar-refractivity contribution >= 4 is 45.6 Å². The maximum atomic E-state index is 13.2. The lowest BCUT2D eigenvalue weighted by Gasteiger charge is -2.27.